The predicted octanol–water partition coefficient (Wildman–Crippen LogP) is 5.94. The van der Waals surface area contributed by atoms with E-state index in [2.05, 4.69) is 64.8 Å². The van der Waals surface area contributed by atoms with Crippen LogP contribution in [0.1, 0.15) is 10.6 Å². The summed E-state index contributed by atoms with van der Waals surface area (Å²) in [5.41, 5.74) is 6.56. The lowest BCUT2D eigenvalue weighted by Gasteiger charge is -2.05. The van der Waals surface area contributed by atoms with Crippen molar-refractivity contribution in [2.75, 3.05) is 0 Å². The summed E-state index contributed by atoms with van der Waals surface area (Å²) in [4.78, 5) is 4.83. The number of aromatic amines is 1. The molecule has 0 saturated carbocycles. The minimum absolute atomic E-state index is 0.754. The van der Waals surface area contributed by atoms with Crippen LogP contribution in [0.15, 0.2) is 84.9 Å². The maximum absolute atomic E-state index is 4.83. The summed E-state index contributed by atoms with van der Waals surface area (Å²) in [6, 6.07) is 29.0. The first kappa shape index (κ1) is 16.0. The molecule has 3 nitrogen and oxygen atoms in total. The molecule has 0 bridgehead atoms. The van der Waals surface area contributed by atoms with E-state index in [0.717, 1.165) is 39.5 Å². The fraction of sp³-hybridized carbons (Fsp3) is 0.0435. The molecule has 2 aromatic heterocycles. The normalized spacial score (nSPS) is 11.1. The van der Waals surface area contributed by atoms with Gasteiger partial charge in [0.15, 0.2) is 0 Å². The topological polar surface area (TPSA) is 41.6 Å². The first-order valence-electron chi connectivity index (χ1n) is 8.91. The third kappa shape index (κ3) is 3.04. The Labute approximate surface area is 161 Å². The number of thiazole rings is 1. The Morgan fingerprint density at radius 1 is 0.741 bits per heavy atom. The predicted molar refractivity (Wildman–Crippen MR) is 112 cm³/mol. The zero-order valence-corrected chi connectivity index (χ0v) is 15.4. The minimum atomic E-state index is 0.754. The molecular formula is C23H17N3S. The highest BCUT2D eigenvalue weighted by Crippen LogP contribution is 2.33. The van der Waals surface area contributed by atoms with Crippen LogP contribution >= 0.6 is 11.3 Å². The fourth-order valence-electron chi connectivity index (χ4n) is 3.36. The molecule has 0 spiro atoms. The number of rotatable bonds is 4. The molecule has 0 aliphatic heterocycles. The largest absolute Gasteiger partial charge is 0.277 e. The van der Waals surface area contributed by atoms with Gasteiger partial charge in [-0.3, -0.25) is 5.10 Å². The molecular weight excluding hydrogens is 350 g/mol. The van der Waals surface area contributed by atoms with Crippen molar-refractivity contribution in [2.24, 2.45) is 0 Å². The monoisotopic (exact) mass is 367 g/mol. The van der Waals surface area contributed by atoms with Crippen molar-refractivity contribution in [3.63, 3.8) is 0 Å². The van der Waals surface area contributed by atoms with E-state index in [0.29, 0.717) is 0 Å². The van der Waals surface area contributed by atoms with Gasteiger partial charge in [-0.1, -0.05) is 72.8 Å². The second-order valence-electron chi connectivity index (χ2n) is 6.41. The third-order valence-electron chi connectivity index (χ3n) is 4.64. The van der Waals surface area contributed by atoms with Crippen LogP contribution in [-0.4, -0.2) is 15.2 Å². The maximum atomic E-state index is 4.83. The van der Waals surface area contributed by atoms with Crippen LogP contribution in [0.3, 0.4) is 0 Å². The molecule has 0 amide bonds. The third-order valence-corrected chi connectivity index (χ3v) is 5.68. The number of nitrogens with zero attached hydrogens (tertiary/aromatic N) is 2. The summed E-state index contributed by atoms with van der Waals surface area (Å²) in [6.45, 7) is 0. The SMILES string of the molecule is c1ccc(-c2n[nH]c(-c3ccccc3)c2Cc2nc3ccccc3s2)cc1. The van der Waals surface area contributed by atoms with Crippen molar-refractivity contribution >= 4 is 21.6 Å². The number of fused-ring (bicyclic) bond motifs is 1. The van der Waals surface area contributed by atoms with Crippen LogP contribution < -0.4 is 0 Å². The summed E-state index contributed by atoms with van der Waals surface area (Å²) in [5.74, 6) is 0. The molecule has 1 N–H and O–H groups in total. The van der Waals surface area contributed by atoms with Crippen LogP contribution in [-0.2, 0) is 6.42 Å². The number of hydrogen-bond acceptors (Lipinski definition) is 3. The molecule has 3 aromatic carbocycles. The van der Waals surface area contributed by atoms with Gasteiger partial charge in [-0.2, -0.15) is 5.10 Å². The van der Waals surface area contributed by atoms with Gasteiger partial charge in [0.1, 0.15) is 0 Å². The Morgan fingerprint density at radius 3 is 2.15 bits per heavy atom. The van der Waals surface area contributed by atoms with Crippen LogP contribution in [0.2, 0.25) is 0 Å². The molecule has 0 aliphatic carbocycles. The minimum Gasteiger partial charge on any atom is -0.277 e. The van der Waals surface area contributed by atoms with E-state index >= 15 is 0 Å². The molecule has 0 fully saturated rings. The number of aromatic nitrogens is 3. The van der Waals surface area contributed by atoms with Crippen LogP contribution in [0.5, 0.6) is 0 Å². The second kappa shape index (κ2) is 6.82. The molecule has 0 aliphatic rings. The summed E-state index contributed by atoms with van der Waals surface area (Å²) >= 11 is 1.75. The summed E-state index contributed by atoms with van der Waals surface area (Å²) in [7, 11) is 0. The average molecular weight is 367 g/mol. The zero-order chi connectivity index (χ0) is 18.1. The van der Waals surface area contributed by atoms with Gasteiger partial charge in [-0.15, -0.1) is 11.3 Å². The molecule has 5 rings (SSSR count). The van der Waals surface area contributed by atoms with Crippen LogP contribution in [0.4, 0.5) is 0 Å². The molecule has 0 radical (unpaired) electrons. The van der Waals surface area contributed by atoms with Gasteiger partial charge in [0.2, 0.25) is 0 Å². The Bertz CT molecular complexity index is 1100. The summed E-state index contributed by atoms with van der Waals surface area (Å²) < 4.78 is 1.22. The second-order valence-corrected chi connectivity index (χ2v) is 7.53. The molecule has 0 atom stereocenters. The molecule has 27 heavy (non-hydrogen) atoms. The average Bonchev–Trinajstić information content (AvgIpc) is 3.33. The van der Waals surface area contributed by atoms with Gasteiger partial charge in [0, 0.05) is 17.5 Å². The standard InChI is InChI=1S/C23H17N3S/c1-3-9-16(10-4-1)22-18(23(26-25-22)17-11-5-2-6-12-17)15-21-24-19-13-7-8-14-20(19)27-21/h1-14H,15H2,(H,25,26). The van der Waals surface area contributed by atoms with E-state index in [1.54, 1.807) is 11.3 Å². The highest BCUT2D eigenvalue weighted by molar-refractivity contribution is 7.18. The Hall–Kier alpha value is -3.24. The summed E-state index contributed by atoms with van der Waals surface area (Å²) in [6.07, 6.45) is 0.754. The molecule has 5 aromatic rings. The number of benzene rings is 3. The zero-order valence-electron chi connectivity index (χ0n) is 14.6. The lowest BCUT2D eigenvalue weighted by Crippen LogP contribution is -1.92. The van der Waals surface area contributed by atoms with E-state index in [9.17, 15) is 0 Å². The van der Waals surface area contributed by atoms with Crippen molar-refractivity contribution in [3.05, 3.63) is 95.5 Å². The van der Waals surface area contributed by atoms with Crippen LogP contribution in [0.25, 0.3) is 32.7 Å². The molecule has 4 heteroatoms. The Balaban J connectivity index is 1.65. The van der Waals surface area contributed by atoms with Crippen molar-refractivity contribution < 1.29 is 0 Å². The number of hydrogen-bond donors (Lipinski definition) is 1. The smallest absolute Gasteiger partial charge is 0.0984 e. The van der Waals surface area contributed by atoms with E-state index in [1.807, 2.05) is 30.3 Å². The van der Waals surface area contributed by atoms with Gasteiger partial charge < -0.3 is 0 Å². The molecule has 130 valence electrons. The van der Waals surface area contributed by atoms with Crippen molar-refractivity contribution in [1.82, 2.24) is 15.2 Å². The highest BCUT2D eigenvalue weighted by Gasteiger charge is 2.18. The van der Waals surface area contributed by atoms with Crippen molar-refractivity contribution in [2.45, 2.75) is 6.42 Å². The van der Waals surface area contributed by atoms with E-state index in [-0.39, 0.29) is 0 Å². The van der Waals surface area contributed by atoms with Crippen LogP contribution in [0, 0.1) is 0 Å². The molecule has 0 saturated heterocycles. The number of H-pyrrole nitrogens is 1. The van der Waals surface area contributed by atoms with Crippen molar-refractivity contribution in [1.29, 1.82) is 0 Å². The van der Waals surface area contributed by atoms with Gasteiger partial charge in [0.25, 0.3) is 0 Å². The highest BCUT2D eigenvalue weighted by atomic mass is 32.1. The lowest BCUT2D eigenvalue weighted by molar-refractivity contribution is 1.10. The maximum Gasteiger partial charge on any atom is 0.0984 e. The van der Waals surface area contributed by atoms with Gasteiger partial charge >= 0.3 is 0 Å². The van der Waals surface area contributed by atoms with E-state index in [1.165, 1.54) is 10.3 Å². The first-order chi connectivity index (χ1) is 13.4. The molecule has 2 heterocycles. The van der Waals surface area contributed by atoms with Crippen molar-refractivity contribution in [3.8, 4) is 22.5 Å². The van der Waals surface area contributed by atoms with E-state index in [4.69, 9.17) is 4.98 Å². The number of para-hydroxylation sites is 1. The van der Waals surface area contributed by atoms with E-state index < -0.39 is 0 Å². The van der Waals surface area contributed by atoms with Gasteiger partial charge in [-0.25, -0.2) is 4.98 Å². The van der Waals surface area contributed by atoms with Gasteiger partial charge in [-0.05, 0) is 17.7 Å². The quantitative estimate of drug-likeness (QED) is 0.427. The lowest BCUT2D eigenvalue weighted by atomic mass is 10.00. The fourth-order valence-corrected chi connectivity index (χ4v) is 4.34. The Morgan fingerprint density at radius 2 is 1.41 bits per heavy atom. The Kier molecular flexibility index (Phi) is 4.03. The van der Waals surface area contributed by atoms with Gasteiger partial charge in [0.05, 0.1) is 26.6 Å². The number of nitrogens with one attached hydrogen (secondary N) is 1. The molecule has 0 unspecified atom stereocenters. The first-order valence-corrected chi connectivity index (χ1v) is 9.72. The summed E-state index contributed by atoms with van der Waals surface area (Å²) in [5, 5.41) is 9.04.